The molecule has 0 saturated carbocycles. The average Bonchev–Trinajstić information content (AvgIpc) is 3.08. The minimum Gasteiger partial charge on any atom is -0.494 e. The highest BCUT2D eigenvalue weighted by Gasteiger charge is 2.11. The Morgan fingerprint density at radius 3 is 2.69 bits per heavy atom. The Balaban J connectivity index is 1.78. The van der Waals surface area contributed by atoms with Gasteiger partial charge in [0.2, 0.25) is 0 Å². The second-order valence-corrected chi connectivity index (χ2v) is 7.58. The third kappa shape index (κ3) is 4.09. The zero-order valence-electron chi connectivity index (χ0n) is 16.4. The Hall–Kier alpha value is -2.96. The molecule has 6 heteroatoms. The van der Waals surface area contributed by atoms with Gasteiger partial charge in [-0.25, -0.2) is 0 Å². The fraction of sp³-hybridized carbons (Fsp3) is 0.217. The second kappa shape index (κ2) is 8.59. The molecule has 4 aromatic rings. The van der Waals surface area contributed by atoms with Gasteiger partial charge in [-0.2, -0.15) is 4.99 Å². The minimum atomic E-state index is -0.251. The lowest BCUT2D eigenvalue weighted by molar-refractivity contribution is 0.0997. The molecule has 0 saturated heterocycles. The highest BCUT2D eigenvalue weighted by atomic mass is 32.1. The lowest BCUT2D eigenvalue weighted by Gasteiger charge is -2.06. The van der Waals surface area contributed by atoms with Crippen LogP contribution >= 0.6 is 11.3 Å². The van der Waals surface area contributed by atoms with Gasteiger partial charge in [-0.15, -0.1) is 0 Å². The van der Waals surface area contributed by atoms with Gasteiger partial charge < -0.3 is 14.0 Å². The number of benzene rings is 3. The summed E-state index contributed by atoms with van der Waals surface area (Å²) in [5.41, 5.74) is 1.59. The van der Waals surface area contributed by atoms with Gasteiger partial charge in [-0.1, -0.05) is 41.7 Å². The standard InChI is InChI=1S/C23H22N2O3S/c1-3-28-19-10-11-20-21(15-19)29-23(25(20)12-13-27-2)24-22(26)18-9-8-16-6-4-5-7-17(16)14-18/h4-11,14-15H,3,12-13H2,1-2H3. The summed E-state index contributed by atoms with van der Waals surface area (Å²) in [6.45, 7) is 3.73. The van der Waals surface area contributed by atoms with Crippen LogP contribution in [0.3, 0.4) is 0 Å². The maximum absolute atomic E-state index is 12.9. The van der Waals surface area contributed by atoms with Gasteiger partial charge in [0, 0.05) is 19.2 Å². The van der Waals surface area contributed by atoms with Crippen molar-refractivity contribution in [2.45, 2.75) is 13.5 Å². The van der Waals surface area contributed by atoms with E-state index in [-0.39, 0.29) is 5.91 Å². The molecule has 5 nitrogen and oxygen atoms in total. The Morgan fingerprint density at radius 2 is 1.90 bits per heavy atom. The zero-order valence-corrected chi connectivity index (χ0v) is 17.2. The molecule has 1 amide bonds. The summed E-state index contributed by atoms with van der Waals surface area (Å²) in [7, 11) is 1.67. The van der Waals surface area contributed by atoms with E-state index in [4.69, 9.17) is 9.47 Å². The number of methoxy groups -OCH3 is 1. The number of aromatic nitrogens is 1. The Kier molecular flexibility index (Phi) is 5.74. The van der Waals surface area contributed by atoms with Crippen LogP contribution in [0, 0.1) is 0 Å². The van der Waals surface area contributed by atoms with Crippen LogP contribution in [0.1, 0.15) is 17.3 Å². The van der Waals surface area contributed by atoms with Crippen molar-refractivity contribution in [1.82, 2.24) is 4.57 Å². The Labute approximate surface area is 172 Å². The smallest absolute Gasteiger partial charge is 0.279 e. The number of rotatable bonds is 6. The summed E-state index contributed by atoms with van der Waals surface area (Å²) in [6.07, 6.45) is 0. The van der Waals surface area contributed by atoms with Crippen molar-refractivity contribution in [2.75, 3.05) is 20.3 Å². The molecule has 1 heterocycles. The number of hydrogen-bond donors (Lipinski definition) is 0. The van der Waals surface area contributed by atoms with Gasteiger partial charge in [-0.05, 0) is 48.0 Å². The van der Waals surface area contributed by atoms with E-state index < -0.39 is 0 Å². The average molecular weight is 407 g/mol. The van der Waals surface area contributed by atoms with E-state index in [1.165, 1.54) is 11.3 Å². The molecule has 0 bridgehead atoms. The van der Waals surface area contributed by atoms with E-state index in [1.807, 2.05) is 72.2 Å². The summed E-state index contributed by atoms with van der Waals surface area (Å²) >= 11 is 1.48. The monoisotopic (exact) mass is 406 g/mol. The number of carbonyl (C=O) groups is 1. The lowest BCUT2D eigenvalue weighted by Crippen LogP contribution is -2.19. The summed E-state index contributed by atoms with van der Waals surface area (Å²) in [6, 6.07) is 19.6. The van der Waals surface area contributed by atoms with Crippen LogP contribution in [0.2, 0.25) is 0 Å². The summed E-state index contributed by atoms with van der Waals surface area (Å²) in [5.74, 6) is 0.561. The van der Waals surface area contributed by atoms with Gasteiger partial charge >= 0.3 is 0 Å². The zero-order chi connectivity index (χ0) is 20.2. The Morgan fingerprint density at radius 1 is 1.07 bits per heavy atom. The fourth-order valence-electron chi connectivity index (χ4n) is 3.27. The van der Waals surface area contributed by atoms with E-state index in [2.05, 4.69) is 4.99 Å². The van der Waals surface area contributed by atoms with Gasteiger partial charge in [0.1, 0.15) is 5.75 Å². The third-order valence-corrected chi connectivity index (χ3v) is 5.72. The van der Waals surface area contributed by atoms with Gasteiger partial charge in [0.25, 0.3) is 5.91 Å². The largest absolute Gasteiger partial charge is 0.494 e. The molecule has 0 N–H and O–H groups in total. The van der Waals surface area contributed by atoms with Crippen LogP contribution in [-0.4, -0.2) is 30.8 Å². The second-order valence-electron chi connectivity index (χ2n) is 6.57. The fourth-order valence-corrected chi connectivity index (χ4v) is 4.35. The molecular formula is C23H22N2O3S. The molecule has 3 aromatic carbocycles. The van der Waals surface area contributed by atoms with E-state index >= 15 is 0 Å². The van der Waals surface area contributed by atoms with Gasteiger partial charge in [-0.3, -0.25) is 4.79 Å². The molecule has 1 aromatic heterocycles. The lowest BCUT2D eigenvalue weighted by atomic mass is 10.1. The number of nitrogens with zero attached hydrogens (tertiary/aromatic N) is 2. The normalized spacial score (nSPS) is 12.0. The van der Waals surface area contributed by atoms with Crippen molar-refractivity contribution in [3.05, 3.63) is 71.0 Å². The number of hydrogen-bond acceptors (Lipinski definition) is 4. The van der Waals surface area contributed by atoms with Crippen molar-refractivity contribution in [3.63, 3.8) is 0 Å². The third-order valence-electron chi connectivity index (χ3n) is 4.68. The number of fused-ring (bicyclic) bond motifs is 2. The van der Waals surface area contributed by atoms with Crippen molar-refractivity contribution < 1.29 is 14.3 Å². The molecule has 0 aliphatic carbocycles. The number of ether oxygens (including phenoxy) is 2. The maximum atomic E-state index is 12.9. The van der Waals surface area contributed by atoms with Crippen molar-refractivity contribution in [3.8, 4) is 5.75 Å². The summed E-state index contributed by atoms with van der Waals surface area (Å²) < 4.78 is 13.9. The van der Waals surface area contributed by atoms with E-state index in [9.17, 15) is 4.79 Å². The molecule has 148 valence electrons. The maximum Gasteiger partial charge on any atom is 0.279 e. The molecule has 29 heavy (non-hydrogen) atoms. The highest BCUT2D eigenvalue weighted by molar-refractivity contribution is 7.16. The molecule has 0 unspecified atom stereocenters. The quantitative estimate of drug-likeness (QED) is 0.469. The highest BCUT2D eigenvalue weighted by Crippen LogP contribution is 2.24. The number of amides is 1. The van der Waals surface area contributed by atoms with Crippen LogP contribution in [0.5, 0.6) is 5.75 Å². The molecule has 0 radical (unpaired) electrons. The topological polar surface area (TPSA) is 52.8 Å². The van der Waals surface area contributed by atoms with E-state index in [0.717, 1.165) is 26.7 Å². The summed E-state index contributed by atoms with van der Waals surface area (Å²) in [5, 5.41) is 2.13. The van der Waals surface area contributed by atoms with Gasteiger partial charge in [0.15, 0.2) is 4.80 Å². The molecular weight excluding hydrogens is 384 g/mol. The molecule has 0 spiro atoms. The van der Waals surface area contributed by atoms with Gasteiger partial charge in [0.05, 0.1) is 23.4 Å². The first-order valence-electron chi connectivity index (χ1n) is 9.52. The molecule has 0 atom stereocenters. The van der Waals surface area contributed by atoms with E-state index in [0.29, 0.717) is 30.1 Å². The van der Waals surface area contributed by atoms with Crippen molar-refractivity contribution in [2.24, 2.45) is 4.99 Å². The predicted octanol–water partition coefficient (Wildman–Crippen LogP) is 4.64. The van der Waals surface area contributed by atoms with Crippen LogP contribution < -0.4 is 9.54 Å². The first kappa shape index (κ1) is 19.4. The first-order chi connectivity index (χ1) is 14.2. The first-order valence-corrected chi connectivity index (χ1v) is 10.3. The molecule has 0 aliphatic heterocycles. The Bertz CT molecular complexity index is 1240. The molecule has 0 aliphatic rings. The summed E-state index contributed by atoms with van der Waals surface area (Å²) in [4.78, 5) is 18.0. The van der Waals surface area contributed by atoms with Crippen molar-refractivity contribution in [1.29, 1.82) is 0 Å². The number of thiazole rings is 1. The van der Waals surface area contributed by atoms with E-state index in [1.54, 1.807) is 7.11 Å². The number of carbonyl (C=O) groups excluding carboxylic acids is 1. The minimum absolute atomic E-state index is 0.251. The van der Waals surface area contributed by atoms with Crippen LogP contribution in [0.25, 0.3) is 21.0 Å². The SMILES string of the molecule is CCOc1ccc2c(c1)sc(=NC(=O)c1ccc3ccccc3c1)n2CCOC. The van der Waals surface area contributed by atoms with Crippen LogP contribution in [-0.2, 0) is 11.3 Å². The predicted molar refractivity (Wildman–Crippen MR) is 117 cm³/mol. The molecule has 4 rings (SSSR count). The van der Waals surface area contributed by atoms with Crippen LogP contribution in [0.15, 0.2) is 65.7 Å². The van der Waals surface area contributed by atoms with Crippen LogP contribution in [0.4, 0.5) is 0 Å². The molecule has 0 fully saturated rings. The van der Waals surface area contributed by atoms with Crippen molar-refractivity contribution >= 4 is 38.2 Å².